The molecule has 1 unspecified atom stereocenters. The van der Waals surface area contributed by atoms with E-state index in [9.17, 15) is 18.3 Å². The lowest BCUT2D eigenvalue weighted by Gasteiger charge is -2.10. The van der Waals surface area contributed by atoms with E-state index in [-0.39, 0.29) is 23.0 Å². The zero-order chi connectivity index (χ0) is 18.9. The summed E-state index contributed by atoms with van der Waals surface area (Å²) in [6.45, 7) is -0.839. The van der Waals surface area contributed by atoms with E-state index in [1.165, 1.54) is 25.4 Å². The SMILES string of the molecule is CNC(=O)c1nccc2c1[nH]c1ccc(S(=O)(=O)NCC(O)CO)cc12. The van der Waals surface area contributed by atoms with Gasteiger partial charge in [0.25, 0.3) is 5.91 Å². The van der Waals surface area contributed by atoms with Crippen LogP contribution in [0.1, 0.15) is 10.5 Å². The monoisotopic (exact) mass is 378 g/mol. The molecule has 0 saturated heterocycles. The average molecular weight is 378 g/mol. The van der Waals surface area contributed by atoms with Gasteiger partial charge in [0.1, 0.15) is 0 Å². The molecule has 3 aromatic rings. The van der Waals surface area contributed by atoms with Crippen LogP contribution in [0.4, 0.5) is 0 Å². The number of nitrogens with zero attached hydrogens (tertiary/aromatic N) is 1. The highest BCUT2D eigenvalue weighted by atomic mass is 32.2. The number of fused-ring (bicyclic) bond motifs is 3. The zero-order valence-corrected chi connectivity index (χ0v) is 14.7. The van der Waals surface area contributed by atoms with Gasteiger partial charge in [0.2, 0.25) is 10.0 Å². The highest BCUT2D eigenvalue weighted by molar-refractivity contribution is 7.89. The van der Waals surface area contributed by atoms with Gasteiger partial charge in [-0.2, -0.15) is 0 Å². The Balaban J connectivity index is 2.09. The van der Waals surface area contributed by atoms with Crippen molar-refractivity contribution in [3.05, 3.63) is 36.2 Å². The normalized spacial score (nSPS) is 13.2. The van der Waals surface area contributed by atoms with Crippen molar-refractivity contribution in [3.8, 4) is 0 Å². The van der Waals surface area contributed by atoms with Gasteiger partial charge in [-0.05, 0) is 24.3 Å². The highest BCUT2D eigenvalue weighted by Gasteiger charge is 2.19. The Morgan fingerprint density at radius 1 is 1.31 bits per heavy atom. The smallest absolute Gasteiger partial charge is 0.271 e. The summed E-state index contributed by atoms with van der Waals surface area (Å²) < 4.78 is 27.0. The highest BCUT2D eigenvalue weighted by Crippen LogP contribution is 2.28. The Labute approximate surface area is 149 Å². The van der Waals surface area contributed by atoms with Crippen LogP contribution in [-0.4, -0.2) is 60.8 Å². The number of aromatic amines is 1. The lowest BCUT2D eigenvalue weighted by Crippen LogP contribution is -2.33. The first-order valence-corrected chi connectivity index (χ1v) is 9.27. The van der Waals surface area contributed by atoms with Crippen molar-refractivity contribution in [2.75, 3.05) is 20.2 Å². The molecule has 2 heterocycles. The molecule has 2 aromatic heterocycles. The lowest BCUT2D eigenvalue weighted by molar-refractivity contribution is 0.0960. The van der Waals surface area contributed by atoms with Crippen LogP contribution in [0.15, 0.2) is 35.4 Å². The summed E-state index contributed by atoms with van der Waals surface area (Å²) in [5, 5.41) is 21.9. The van der Waals surface area contributed by atoms with E-state index in [0.29, 0.717) is 21.8 Å². The summed E-state index contributed by atoms with van der Waals surface area (Å²) in [5.41, 5.74) is 1.39. The minimum absolute atomic E-state index is 0.00865. The molecule has 0 saturated carbocycles. The summed E-state index contributed by atoms with van der Waals surface area (Å²) in [6.07, 6.45) is 0.305. The maximum atomic E-state index is 12.4. The van der Waals surface area contributed by atoms with Crippen LogP contribution in [0.25, 0.3) is 21.8 Å². The number of carbonyl (C=O) groups excluding carboxylic acids is 1. The van der Waals surface area contributed by atoms with Crippen LogP contribution in [0, 0.1) is 0 Å². The Bertz CT molecular complexity index is 1080. The number of benzene rings is 1. The Kier molecular flexibility index (Phi) is 4.92. The van der Waals surface area contributed by atoms with Crippen molar-refractivity contribution < 1.29 is 23.4 Å². The maximum absolute atomic E-state index is 12.4. The second-order valence-corrected chi connectivity index (χ2v) is 7.45. The fraction of sp³-hybridized carbons (Fsp3) is 0.250. The molecule has 10 heteroatoms. The number of carbonyl (C=O) groups is 1. The number of hydrogen-bond acceptors (Lipinski definition) is 6. The topological polar surface area (TPSA) is 144 Å². The predicted molar refractivity (Wildman–Crippen MR) is 95.3 cm³/mol. The van der Waals surface area contributed by atoms with Gasteiger partial charge >= 0.3 is 0 Å². The van der Waals surface area contributed by atoms with Crippen molar-refractivity contribution in [2.24, 2.45) is 0 Å². The van der Waals surface area contributed by atoms with E-state index in [0.717, 1.165) is 0 Å². The predicted octanol–water partition coefficient (Wildman–Crippen LogP) is -0.293. The van der Waals surface area contributed by atoms with Gasteiger partial charge in [-0.25, -0.2) is 18.1 Å². The van der Waals surface area contributed by atoms with E-state index < -0.39 is 22.7 Å². The van der Waals surface area contributed by atoms with Crippen LogP contribution in [-0.2, 0) is 10.0 Å². The summed E-state index contributed by atoms with van der Waals surface area (Å²) >= 11 is 0. The molecule has 0 bridgehead atoms. The molecular formula is C16H18N4O5S. The number of pyridine rings is 1. The Morgan fingerprint density at radius 3 is 2.77 bits per heavy atom. The molecule has 0 aliphatic heterocycles. The Morgan fingerprint density at radius 2 is 2.08 bits per heavy atom. The summed E-state index contributed by atoms with van der Waals surface area (Å²) in [6, 6.07) is 6.19. The fourth-order valence-corrected chi connectivity index (χ4v) is 3.71. The van der Waals surface area contributed by atoms with E-state index in [2.05, 4.69) is 20.0 Å². The van der Waals surface area contributed by atoms with Crippen molar-refractivity contribution in [2.45, 2.75) is 11.0 Å². The van der Waals surface area contributed by atoms with Gasteiger partial charge in [-0.3, -0.25) is 4.79 Å². The molecular weight excluding hydrogens is 360 g/mol. The fourth-order valence-electron chi connectivity index (χ4n) is 2.61. The number of aromatic nitrogens is 2. The molecule has 3 rings (SSSR count). The molecule has 1 aromatic carbocycles. The van der Waals surface area contributed by atoms with E-state index in [1.807, 2.05) is 0 Å². The molecule has 0 aliphatic rings. The summed E-state index contributed by atoms with van der Waals surface area (Å²) in [4.78, 5) is 19.1. The van der Waals surface area contributed by atoms with Gasteiger partial charge in [0, 0.05) is 36.1 Å². The van der Waals surface area contributed by atoms with Crippen LogP contribution < -0.4 is 10.0 Å². The molecule has 138 valence electrons. The number of amides is 1. The van der Waals surface area contributed by atoms with Gasteiger partial charge < -0.3 is 20.5 Å². The van der Waals surface area contributed by atoms with Crippen molar-refractivity contribution in [1.29, 1.82) is 0 Å². The maximum Gasteiger partial charge on any atom is 0.271 e. The number of nitrogens with one attached hydrogen (secondary N) is 3. The molecule has 0 spiro atoms. The van der Waals surface area contributed by atoms with E-state index >= 15 is 0 Å². The minimum Gasteiger partial charge on any atom is -0.394 e. The third-order valence-corrected chi connectivity index (χ3v) is 5.39. The zero-order valence-electron chi connectivity index (χ0n) is 13.9. The summed E-state index contributed by atoms with van der Waals surface area (Å²) in [7, 11) is -2.36. The molecule has 0 aliphatic carbocycles. The summed E-state index contributed by atoms with van der Waals surface area (Å²) in [5.74, 6) is -0.352. The van der Waals surface area contributed by atoms with Gasteiger partial charge in [0.05, 0.1) is 23.1 Å². The molecule has 1 amide bonds. The number of sulfonamides is 1. The van der Waals surface area contributed by atoms with Crippen LogP contribution >= 0.6 is 0 Å². The van der Waals surface area contributed by atoms with Crippen molar-refractivity contribution in [3.63, 3.8) is 0 Å². The molecule has 9 nitrogen and oxygen atoms in total. The third-order valence-electron chi connectivity index (χ3n) is 3.96. The number of hydrogen-bond donors (Lipinski definition) is 5. The van der Waals surface area contributed by atoms with Crippen molar-refractivity contribution >= 4 is 37.7 Å². The number of aliphatic hydroxyl groups excluding tert-OH is 2. The first kappa shape index (κ1) is 18.3. The number of H-pyrrole nitrogens is 1. The molecule has 0 radical (unpaired) electrons. The third kappa shape index (κ3) is 3.27. The molecule has 1 atom stereocenters. The minimum atomic E-state index is -3.86. The quantitative estimate of drug-likeness (QED) is 0.398. The van der Waals surface area contributed by atoms with E-state index in [4.69, 9.17) is 5.11 Å². The second kappa shape index (κ2) is 7.00. The first-order valence-electron chi connectivity index (χ1n) is 7.78. The first-order chi connectivity index (χ1) is 12.4. The van der Waals surface area contributed by atoms with Gasteiger partial charge in [0.15, 0.2) is 5.69 Å². The van der Waals surface area contributed by atoms with Crippen LogP contribution in [0.3, 0.4) is 0 Å². The average Bonchev–Trinajstić information content (AvgIpc) is 3.03. The molecule has 26 heavy (non-hydrogen) atoms. The van der Waals surface area contributed by atoms with Crippen LogP contribution in [0.2, 0.25) is 0 Å². The van der Waals surface area contributed by atoms with E-state index in [1.54, 1.807) is 12.1 Å². The standard InChI is InChI=1S/C16H18N4O5S/c1-17-16(23)15-14-11(4-5-18-15)12-6-10(2-3-13(12)20-14)26(24,25)19-7-9(22)8-21/h2-6,9,19-22H,7-8H2,1H3,(H,17,23). The number of aliphatic hydroxyl groups is 2. The Hall–Kier alpha value is -2.53. The number of rotatable bonds is 6. The largest absolute Gasteiger partial charge is 0.394 e. The van der Waals surface area contributed by atoms with Gasteiger partial charge in [-0.15, -0.1) is 0 Å². The second-order valence-electron chi connectivity index (χ2n) is 5.68. The van der Waals surface area contributed by atoms with Gasteiger partial charge in [-0.1, -0.05) is 0 Å². The molecule has 5 N–H and O–H groups in total. The van der Waals surface area contributed by atoms with Crippen LogP contribution in [0.5, 0.6) is 0 Å². The lowest BCUT2D eigenvalue weighted by atomic mass is 10.1. The van der Waals surface area contributed by atoms with Crippen molar-refractivity contribution in [1.82, 2.24) is 20.0 Å². The molecule has 0 fully saturated rings.